The normalized spacial score (nSPS) is 14.3. The number of unbranched alkanes of at least 4 members (excludes halogenated alkanes) is 3. The summed E-state index contributed by atoms with van der Waals surface area (Å²) in [6.07, 6.45) is 9.50. The van der Waals surface area contributed by atoms with Gasteiger partial charge in [-0.3, -0.25) is 48.3 Å². The lowest BCUT2D eigenvalue weighted by molar-refractivity contribution is -0.143. The number of hydrogen-bond acceptors (Lipinski definition) is 11. The fourth-order valence-electron chi connectivity index (χ4n) is 5.26. The van der Waals surface area contributed by atoms with Gasteiger partial charge in [0.2, 0.25) is 5.91 Å². The van der Waals surface area contributed by atoms with Gasteiger partial charge in [0.25, 0.3) is 5.91 Å². The average molecular weight is 661 g/mol. The van der Waals surface area contributed by atoms with E-state index in [-0.39, 0.29) is 44.5 Å². The van der Waals surface area contributed by atoms with E-state index < -0.39 is 56.1 Å². The van der Waals surface area contributed by atoms with E-state index in [1.807, 2.05) is 0 Å². The third-order valence-electron chi connectivity index (χ3n) is 7.58. The molecule has 0 heterocycles. The summed E-state index contributed by atoms with van der Waals surface area (Å²) in [7, 11) is 0. The minimum absolute atomic E-state index is 0.00127. The third-order valence-corrected chi connectivity index (χ3v) is 7.58. The van der Waals surface area contributed by atoms with Gasteiger partial charge in [0.05, 0.1) is 45.4 Å². The second-order valence-electron chi connectivity index (χ2n) is 11.7. The number of carbonyl (C=O) groups is 6. The molecule has 1 aliphatic rings. The van der Waals surface area contributed by atoms with Crippen LogP contribution in [0.1, 0.15) is 64.2 Å². The molecule has 1 atom stereocenters. The fraction of sp³-hybridized carbons (Fsp3) is 0.793. The van der Waals surface area contributed by atoms with Gasteiger partial charge in [0, 0.05) is 32.7 Å². The number of amides is 2. The van der Waals surface area contributed by atoms with Crippen molar-refractivity contribution in [3.8, 4) is 0 Å². The zero-order valence-electron chi connectivity index (χ0n) is 26.6. The Bertz CT molecular complexity index is 892. The lowest BCUT2D eigenvalue weighted by Crippen LogP contribution is -2.47. The van der Waals surface area contributed by atoms with Crippen LogP contribution in [-0.4, -0.2) is 149 Å². The summed E-state index contributed by atoms with van der Waals surface area (Å²) in [6, 6.07) is -0.579. The number of carbonyl (C=O) groups excluding carboxylic acids is 2. The highest BCUT2D eigenvalue weighted by Crippen LogP contribution is 2.26. The molecule has 0 aromatic carbocycles. The van der Waals surface area contributed by atoms with E-state index in [0.29, 0.717) is 38.3 Å². The summed E-state index contributed by atoms with van der Waals surface area (Å²) in [6.45, 7) is -1.35. The van der Waals surface area contributed by atoms with Gasteiger partial charge in [-0.05, 0) is 25.2 Å². The van der Waals surface area contributed by atoms with Crippen LogP contribution in [0.4, 0.5) is 0 Å². The molecular weight excluding hydrogens is 608 g/mol. The number of aliphatic carboxylic acids is 4. The molecule has 0 bridgehead atoms. The predicted molar refractivity (Wildman–Crippen MR) is 165 cm³/mol. The van der Waals surface area contributed by atoms with E-state index in [2.05, 4.69) is 10.8 Å². The van der Waals surface area contributed by atoms with Crippen LogP contribution >= 0.6 is 0 Å². The van der Waals surface area contributed by atoms with Crippen molar-refractivity contribution in [3.05, 3.63) is 0 Å². The highest BCUT2D eigenvalue weighted by Gasteiger charge is 2.22. The van der Waals surface area contributed by atoms with E-state index in [4.69, 9.17) is 31.0 Å². The van der Waals surface area contributed by atoms with Gasteiger partial charge in [0.15, 0.2) is 0 Å². The summed E-state index contributed by atoms with van der Waals surface area (Å²) in [4.78, 5) is 78.6. The van der Waals surface area contributed by atoms with Crippen molar-refractivity contribution in [2.75, 3.05) is 72.1 Å². The fourth-order valence-corrected chi connectivity index (χ4v) is 5.26. The Hall–Kier alpha value is -3.38. The SMILES string of the molecule is NC(CC1CCCCC1)C(=O)NOCCCCCCNC(=O)CN(CCN(CC(=O)O)CC(=O)O)CCN(CC(=O)O)CC(=O)O. The first-order chi connectivity index (χ1) is 21.8. The van der Waals surface area contributed by atoms with Crippen LogP contribution in [0.5, 0.6) is 0 Å². The third kappa shape index (κ3) is 21.4. The van der Waals surface area contributed by atoms with Crippen LogP contribution in [0.25, 0.3) is 0 Å². The Morgan fingerprint density at radius 1 is 0.674 bits per heavy atom. The smallest absolute Gasteiger partial charge is 0.317 e. The number of nitrogens with zero attached hydrogens (tertiary/aromatic N) is 3. The zero-order valence-corrected chi connectivity index (χ0v) is 26.6. The van der Waals surface area contributed by atoms with Crippen molar-refractivity contribution in [2.45, 2.75) is 70.3 Å². The molecule has 0 aromatic rings. The van der Waals surface area contributed by atoms with Crippen molar-refractivity contribution >= 4 is 35.7 Å². The van der Waals surface area contributed by atoms with Gasteiger partial charge in [-0.15, -0.1) is 0 Å². The number of nitrogens with two attached hydrogens (primary N) is 1. The maximum absolute atomic E-state index is 12.6. The Kier molecular flexibility index (Phi) is 21.1. The molecule has 1 rings (SSSR count). The Balaban J connectivity index is 2.42. The first-order valence-electron chi connectivity index (χ1n) is 15.8. The maximum atomic E-state index is 12.6. The maximum Gasteiger partial charge on any atom is 0.317 e. The van der Waals surface area contributed by atoms with E-state index in [1.54, 1.807) is 4.90 Å². The van der Waals surface area contributed by atoms with Crippen LogP contribution in [-0.2, 0) is 33.6 Å². The monoisotopic (exact) mass is 660 g/mol. The second kappa shape index (κ2) is 23.9. The molecule has 0 saturated heterocycles. The van der Waals surface area contributed by atoms with Gasteiger partial charge in [0.1, 0.15) is 0 Å². The molecule has 1 aliphatic carbocycles. The van der Waals surface area contributed by atoms with E-state index >= 15 is 0 Å². The lowest BCUT2D eigenvalue weighted by Gasteiger charge is -2.28. The highest BCUT2D eigenvalue weighted by molar-refractivity contribution is 5.80. The van der Waals surface area contributed by atoms with Crippen LogP contribution in [0.2, 0.25) is 0 Å². The number of carboxylic acids is 4. The van der Waals surface area contributed by atoms with Gasteiger partial charge >= 0.3 is 23.9 Å². The van der Waals surface area contributed by atoms with Gasteiger partial charge < -0.3 is 31.5 Å². The minimum atomic E-state index is -1.22. The summed E-state index contributed by atoms with van der Waals surface area (Å²) in [5.74, 6) is -5.03. The molecule has 1 saturated carbocycles. The van der Waals surface area contributed by atoms with Crippen LogP contribution < -0.4 is 16.5 Å². The molecule has 46 heavy (non-hydrogen) atoms. The standard InChI is InChI=1S/C29H52N6O11/c30-23(16-22-8-4-3-5-9-22)29(45)32-46-15-7-2-1-6-10-31-24(36)17-33(11-13-34(18-25(37)38)19-26(39)40)12-14-35(20-27(41)42)21-28(43)44/h22-23H,1-21,30H2,(H,31,36)(H,32,45)(H,37,38)(H,39,40)(H,41,42)(H,43,44). The Morgan fingerprint density at radius 3 is 1.65 bits per heavy atom. The molecule has 2 amide bonds. The van der Waals surface area contributed by atoms with Crippen LogP contribution in [0.3, 0.4) is 0 Å². The largest absolute Gasteiger partial charge is 0.480 e. The lowest BCUT2D eigenvalue weighted by atomic mass is 9.85. The van der Waals surface area contributed by atoms with Gasteiger partial charge in [-0.25, -0.2) is 5.48 Å². The van der Waals surface area contributed by atoms with Crippen molar-refractivity contribution in [2.24, 2.45) is 11.7 Å². The van der Waals surface area contributed by atoms with Crippen LogP contribution in [0, 0.1) is 5.92 Å². The number of nitrogens with one attached hydrogen (secondary N) is 2. The molecule has 264 valence electrons. The summed E-state index contributed by atoms with van der Waals surface area (Å²) < 4.78 is 0. The quantitative estimate of drug-likeness (QED) is 0.0423. The first-order valence-corrected chi connectivity index (χ1v) is 15.8. The average Bonchev–Trinajstić information content (AvgIpc) is 2.96. The molecule has 17 heteroatoms. The van der Waals surface area contributed by atoms with Crippen molar-refractivity contribution in [3.63, 3.8) is 0 Å². The summed E-state index contributed by atoms with van der Waals surface area (Å²) in [5.41, 5.74) is 8.44. The minimum Gasteiger partial charge on any atom is -0.480 e. The molecule has 0 aromatic heterocycles. The topological polar surface area (TPSA) is 252 Å². The number of carboxylic acid groups (broad SMARTS) is 4. The predicted octanol–water partition coefficient (Wildman–Crippen LogP) is -0.747. The first kappa shape index (κ1) is 40.6. The van der Waals surface area contributed by atoms with Crippen molar-refractivity contribution in [1.29, 1.82) is 0 Å². The second-order valence-corrected chi connectivity index (χ2v) is 11.7. The molecule has 1 unspecified atom stereocenters. The summed E-state index contributed by atoms with van der Waals surface area (Å²) in [5, 5.41) is 39.1. The van der Waals surface area contributed by atoms with E-state index in [1.165, 1.54) is 29.1 Å². The molecular formula is C29H52N6O11. The summed E-state index contributed by atoms with van der Waals surface area (Å²) >= 11 is 0. The van der Waals surface area contributed by atoms with E-state index in [0.717, 1.165) is 25.7 Å². The highest BCUT2D eigenvalue weighted by atomic mass is 16.6. The molecule has 1 fully saturated rings. The van der Waals surface area contributed by atoms with Gasteiger partial charge in [-0.2, -0.15) is 0 Å². The van der Waals surface area contributed by atoms with Gasteiger partial charge in [-0.1, -0.05) is 44.9 Å². The Morgan fingerprint density at radius 2 is 1.15 bits per heavy atom. The Labute approximate surface area is 269 Å². The number of hydrogen-bond donors (Lipinski definition) is 7. The molecule has 0 aliphatic heterocycles. The zero-order chi connectivity index (χ0) is 34.3. The number of rotatable bonds is 27. The molecule has 8 N–H and O–H groups in total. The molecule has 0 radical (unpaired) electrons. The molecule has 17 nitrogen and oxygen atoms in total. The molecule has 0 spiro atoms. The van der Waals surface area contributed by atoms with E-state index in [9.17, 15) is 28.8 Å². The van der Waals surface area contributed by atoms with Crippen molar-refractivity contribution < 1.29 is 54.0 Å². The number of hydroxylamine groups is 1. The van der Waals surface area contributed by atoms with Crippen LogP contribution in [0.15, 0.2) is 0 Å². The van der Waals surface area contributed by atoms with Crippen molar-refractivity contribution in [1.82, 2.24) is 25.5 Å².